The maximum atomic E-state index is 13.2. The number of Topliss-reactive ketones (excluding diaryl/α,β-unsaturated/α-hetero) is 1. The summed E-state index contributed by atoms with van der Waals surface area (Å²) in [6.07, 6.45) is 1.46. The molecule has 2 aromatic heterocycles. The van der Waals surface area contributed by atoms with Crippen LogP contribution in [0.2, 0.25) is 10.0 Å². The Kier molecular flexibility index (Phi) is 5.64. The Labute approximate surface area is 176 Å². The van der Waals surface area contributed by atoms with Crippen molar-refractivity contribution in [3.05, 3.63) is 67.7 Å². The fourth-order valence-electron chi connectivity index (χ4n) is 3.26. The molecule has 0 unspecified atom stereocenters. The van der Waals surface area contributed by atoms with Gasteiger partial charge in [0.2, 0.25) is 5.43 Å². The van der Waals surface area contributed by atoms with Gasteiger partial charge in [-0.1, -0.05) is 29.3 Å². The van der Waals surface area contributed by atoms with Crippen LogP contribution in [0.1, 0.15) is 40.4 Å². The molecule has 2 heterocycles. The van der Waals surface area contributed by atoms with Crippen LogP contribution in [0.3, 0.4) is 0 Å². The number of pyridine rings is 1. The van der Waals surface area contributed by atoms with Crippen molar-refractivity contribution < 1.29 is 14.7 Å². The molecule has 3 rings (SSSR count). The second-order valence-electron chi connectivity index (χ2n) is 6.37. The van der Waals surface area contributed by atoms with E-state index in [1.165, 1.54) is 29.9 Å². The molecule has 0 radical (unpaired) electrons. The van der Waals surface area contributed by atoms with E-state index in [2.05, 4.69) is 5.10 Å². The van der Waals surface area contributed by atoms with E-state index in [9.17, 15) is 19.5 Å². The first kappa shape index (κ1) is 20.8. The van der Waals surface area contributed by atoms with Crippen LogP contribution < -0.4 is 5.43 Å². The van der Waals surface area contributed by atoms with Crippen LogP contribution in [0.15, 0.2) is 35.3 Å². The number of benzene rings is 1. The molecule has 3 aromatic rings. The van der Waals surface area contributed by atoms with E-state index in [4.69, 9.17) is 23.2 Å². The average Bonchev–Trinajstić information content (AvgIpc) is 3.13. The van der Waals surface area contributed by atoms with Crippen molar-refractivity contribution in [3.8, 4) is 16.9 Å². The number of carboxylic acid groups (broad SMARTS) is 1. The highest BCUT2D eigenvalue weighted by molar-refractivity contribution is 6.42. The van der Waals surface area contributed by atoms with Gasteiger partial charge in [-0.15, -0.1) is 0 Å². The summed E-state index contributed by atoms with van der Waals surface area (Å²) in [7, 11) is 0. The zero-order chi connectivity index (χ0) is 21.5. The van der Waals surface area contributed by atoms with E-state index in [1.807, 2.05) is 6.92 Å². The Morgan fingerprint density at radius 2 is 1.86 bits per heavy atom. The lowest BCUT2D eigenvalue weighted by molar-refractivity contribution is 0.0695. The van der Waals surface area contributed by atoms with Crippen LogP contribution in [0.25, 0.3) is 16.9 Å². The van der Waals surface area contributed by atoms with Crippen LogP contribution in [0.5, 0.6) is 0 Å². The number of carbonyl (C=O) groups is 2. The van der Waals surface area contributed by atoms with Crippen molar-refractivity contribution in [1.82, 2.24) is 14.3 Å². The van der Waals surface area contributed by atoms with Crippen molar-refractivity contribution in [2.75, 3.05) is 0 Å². The van der Waals surface area contributed by atoms with Gasteiger partial charge in [0.15, 0.2) is 5.78 Å². The van der Waals surface area contributed by atoms with Gasteiger partial charge in [0.25, 0.3) is 0 Å². The molecule has 1 aromatic carbocycles. The molecular weight excluding hydrogens is 417 g/mol. The van der Waals surface area contributed by atoms with E-state index in [-0.39, 0.29) is 27.9 Å². The fraction of sp³-hybridized carbons (Fsp3) is 0.200. The van der Waals surface area contributed by atoms with Crippen LogP contribution in [0.4, 0.5) is 0 Å². The highest BCUT2D eigenvalue weighted by Crippen LogP contribution is 2.31. The second kappa shape index (κ2) is 7.85. The number of aromatic nitrogens is 3. The number of rotatable bonds is 5. The minimum absolute atomic E-state index is 0.0700. The largest absolute Gasteiger partial charge is 0.477 e. The zero-order valence-corrected chi connectivity index (χ0v) is 17.4. The smallest absolute Gasteiger partial charge is 0.341 e. The first-order chi connectivity index (χ1) is 13.7. The molecule has 1 N–H and O–H groups in total. The summed E-state index contributed by atoms with van der Waals surface area (Å²) in [4.78, 5) is 36.9. The van der Waals surface area contributed by atoms with Gasteiger partial charge in [-0.25, -0.2) is 9.48 Å². The maximum Gasteiger partial charge on any atom is 0.341 e. The van der Waals surface area contributed by atoms with Crippen molar-refractivity contribution in [1.29, 1.82) is 0 Å². The van der Waals surface area contributed by atoms with Crippen molar-refractivity contribution in [3.63, 3.8) is 0 Å². The van der Waals surface area contributed by atoms with Crippen LogP contribution in [-0.4, -0.2) is 31.2 Å². The first-order valence-electron chi connectivity index (χ1n) is 8.70. The van der Waals surface area contributed by atoms with E-state index in [0.29, 0.717) is 22.8 Å². The Balaban J connectivity index is 2.42. The monoisotopic (exact) mass is 433 g/mol. The number of carbonyl (C=O) groups excluding carboxylic acids is 1. The first-order valence-corrected chi connectivity index (χ1v) is 9.46. The van der Waals surface area contributed by atoms with Crippen molar-refractivity contribution in [2.24, 2.45) is 0 Å². The Morgan fingerprint density at radius 3 is 2.38 bits per heavy atom. The molecule has 29 heavy (non-hydrogen) atoms. The quantitative estimate of drug-likeness (QED) is 0.607. The Morgan fingerprint density at radius 1 is 1.17 bits per heavy atom. The third-order valence-electron chi connectivity index (χ3n) is 4.60. The lowest BCUT2D eigenvalue weighted by Gasteiger charge is -2.21. The lowest BCUT2D eigenvalue weighted by atomic mass is 10.0. The van der Waals surface area contributed by atoms with Crippen LogP contribution in [0, 0.1) is 6.92 Å². The topological polar surface area (TPSA) is 94.2 Å². The standard InChI is InChI=1S/C20H17Cl2N3O4/c1-4-24-10(2)17(25-8-7-15(23-25)11(3)26)19(27)16(20(28)29)18(24)12-5-6-13(21)14(22)9-12/h5-9H,4H2,1-3H3,(H,28,29). The van der Waals surface area contributed by atoms with Gasteiger partial charge in [0.1, 0.15) is 16.9 Å². The van der Waals surface area contributed by atoms with Crippen LogP contribution in [-0.2, 0) is 6.54 Å². The molecule has 0 fully saturated rings. The summed E-state index contributed by atoms with van der Waals surface area (Å²) < 4.78 is 2.94. The summed E-state index contributed by atoms with van der Waals surface area (Å²) in [6, 6.07) is 6.16. The molecule has 0 aliphatic rings. The second-order valence-corrected chi connectivity index (χ2v) is 7.18. The normalized spacial score (nSPS) is 10.9. The fourth-order valence-corrected chi connectivity index (χ4v) is 3.56. The number of hydrogen-bond acceptors (Lipinski definition) is 4. The van der Waals surface area contributed by atoms with Crippen molar-refractivity contribution in [2.45, 2.75) is 27.3 Å². The molecule has 0 atom stereocenters. The molecule has 0 saturated carbocycles. The average molecular weight is 434 g/mol. The molecule has 0 aliphatic heterocycles. The molecule has 0 amide bonds. The molecule has 0 saturated heterocycles. The Bertz CT molecular complexity index is 1210. The van der Waals surface area contributed by atoms with E-state index in [0.717, 1.165) is 0 Å². The van der Waals surface area contributed by atoms with Gasteiger partial charge in [-0.2, -0.15) is 5.10 Å². The number of halogens is 2. The van der Waals surface area contributed by atoms with Crippen LogP contribution >= 0.6 is 23.2 Å². The minimum atomic E-state index is -1.38. The van der Waals surface area contributed by atoms with Gasteiger partial charge in [0, 0.05) is 30.9 Å². The maximum absolute atomic E-state index is 13.2. The molecule has 0 spiro atoms. The van der Waals surface area contributed by atoms with Gasteiger partial charge < -0.3 is 9.67 Å². The third-order valence-corrected chi connectivity index (χ3v) is 5.34. The number of hydrogen-bond donors (Lipinski definition) is 1. The SMILES string of the molecule is CCn1c(C)c(-n2ccc(C(C)=O)n2)c(=O)c(C(=O)O)c1-c1ccc(Cl)c(Cl)c1. The van der Waals surface area contributed by atoms with Gasteiger partial charge in [0.05, 0.1) is 15.7 Å². The highest BCUT2D eigenvalue weighted by atomic mass is 35.5. The number of aromatic carboxylic acids is 1. The van der Waals surface area contributed by atoms with Gasteiger partial charge in [-0.3, -0.25) is 9.59 Å². The van der Waals surface area contributed by atoms with E-state index < -0.39 is 17.0 Å². The number of nitrogens with zero attached hydrogens (tertiary/aromatic N) is 3. The highest BCUT2D eigenvalue weighted by Gasteiger charge is 2.26. The summed E-state index contributed by atoms with van der Waals surface area (Å²) in [5, 5.41) is 14.5. The Hall–Kier alpha value is -2.90. The number of ketones is 1. The number of carboxylic acids is 1. The van der Waals surface area contributed by atoms with Gasteiger partial charge in [-0.05, 0) is 32.0 Å². The molecule has 0 aliphatic carbocycles. The van der Waals surface area contributed by atoms with Crippen molar-refractivity contribution >= 4 is 35.0 Å². The van der Waals surface area contributed by atoms with E-state index >= 15 is 0 Å². The summed E-state index contributed by atoms with van der Waals surface area (Å²) >= 11 is 12.1. The third kappa shape index (κ3) is 3.59. The zero-order valence-electron chi connectivity index (χ0n) is 15.9. The summed E-state index contributed by atoms with van der Waals surface area (Å²) in [6.45, 7) is 5.27. The summed E-state index contributed by atoms with van der Waals surface area (Å²) in [5.41, 5.74) is 0.309. The predicted octanol–water partition coefficient (Wildman–Crippen LogP) is 4.24. The molecule has 150 valence electrons. The molecule has 9 heteroatoms. The van der Waals surface area contributed by atoms with Gasteiger partial charge >= 0.3 is 5.97 Å². The molecular formula is C20H17Cl2N3O4. The predicted molar refractivity (Wildman–Crippen MR) is 111 cm³/mol. The van der Waals surface area contributed by atoms with E-state index in [1.54, 1.807) is 23.6 Å². The lowest BCUT2D eigenvalue weighted by Crippen LogP contribution is -2.28. The molecule has 0 bridgehead atoms. The minimum Gasteiger partial charge on any atom is -0.477 e. The summed E-state index contributed by atoms with van der Waals surface area (Å²) in [5.74, 6) is -1.64. The molecule has 7 nitrogen and oxygen atoms in total.